The third kappa shape index (κ3) is 4.35. The van der Waals surface area contributed by atoms with Crippen LogP contribution in [0, 0.1) is 0 Å². The van der Waals surface area contributed by atoms with E-state index in [1.165, 1.54) is 18.2 Å². The van der Waals surface area contributed by atoms with Crippen molar-refractivity contribution in [2.45, 2.75) is 26.1 Å². The van der Waals surface area contributed by atoms with Crippen molar-refractivity contribution >= 4 is 5.91 Å². The maximum Gasteiger partial charge on any atom is 0.433 e. The fraction of sp³-hybridized carbons (Fsp3) is 0.375. The van der Waals surface area contributed by atoms with Gasteiger partial charge >= 0.3 is 6.18 Å². The van der Waals surface area contributed by atoms with E-state index in [9.17, 15) is 18.0 Å². The molecule has 1 aromatic heterocycles. The molecule has 0 fully saturated rings. The molecule has 8 heteroatoms. The summed E-state index contributed by atoms with van der Waals surface area (Å²) in [4.78, 5) is 12.2. The van der Waals surface area contributed by atoms with Crippen molar-refractivity contribution in [3.63, 3.8) is 0 Å². The van der Waals surface area contributed by atoms with Crippen LogP contribution in [0.3, 0.4) is 0 Å². The largest absolute Gasteiger partial charge is 0.433 e. The Kier molecular flexibility index (Phi) is 5.61. The van der Waals surface area contributed by atoms with Gasteiger partial charge in [0, 0.05) is 18.2 Å². The second-order valence-corrected chi connectivity index (χ2v) is 5.35. The van der Waals surface area contributed by atoms with Crippen molar-refractivity contribution in [1.29, 1.82) is 0 Å². The molecular weight excluding hydrogens is 321 g/mol. The topological polar surface area (TPSA) is 58.9 Å². The SMILES string of the molecule is CCN[C@H](C)CNC(=O)c1cccc(-n2nccc2C(F)(F)F)c1. The van der Waals surface area contributed by atoms with Gasteiger partial charge in [-0.25, -0.2) is 4.68 Å². The van der Waals surface area contributed by atoms with E-state index in [2.05, 4.69) is 15.7 Å². The summed E-state index contributed by atoms with van der Waals surface area (Å²) in [6.07, 6.45) is -3.44. The molecule has 0 unspecified atom stereocenters. The Morgan fingerprint density at radius 1 is 1.33 bits per heavy atom. The van der Waals surface area contributed by atoms with Crippen molar-refractivity contribution in [2.24, 2.45) is 0 Å². The van der Waals surface area contributed by atoms with Crippen LogP contribution in [0.4, 0.5) is 13.2 Å². The molecule has 5 nitrogen and oxygen atoms in total. The first-order valence-electron chi connectivity index (χ1n) is 7.56. The van der Waals surface area contributed by atoms with Crippen molar-refractivity contribution in [2.75, 3.05) is 13.1 Å². The Morgan fingerprint density at radius 3 is 2.75 bits per heavy atom. The zero-order valence-electron chi connectivity index (χ0n) is 13.4. The average molecular weight is 340 g/mol. The van der Waals surface area contributed by atoms with Crippen LogP contribution in [0.1, 0.15) is 29.9 Å². The van der Waals surface area contributed by atoms with E-state index in [-0.39, 0.29) is 23.2 Å². The number of nitrogens with zero attached hydrogens (tertiary/aromatic N) is 2. The highest BCUT2D eigenvalue weighted by Gasteiger charge is 2.35. The number of benzene rings is 1. The van der Waals surface area contributed by atoms with Crippen molar-refractivity contribution < 1.29 is 18.0 Å². The normalized spacial score (nSPS) is 12.9. The van der Waals surface area contributed by atoms with Gasteiger partial charge in [0.15, 0.2) is 0 Å². The van der Waals surface area contributed by atoms with Crippen LogP contribution in [0.5, 0.6) is 0 Å². The molecule has 0 aliphatic rings. The predicted molar refractivity (Wildman–Crippen MR) is 84.0 cm³/mol. The number of hydrogen-bond acceptors (Lipinski definition) is 3. The standard InChI is InChI=1S/C16H19F3N4O/c1-3-20-11(2)10-21-15(24)12-5-4-6-13(9-12)23-14(7-8-22-23)16(17,18)19/h4-9,11,20H,3,10H2,1-2H3,(H,21,24)/t11-/m1/s1. The van der Waals surface area contributed by atoms with E-state index in [4.69, 9.17) is 0 Å². The van der Waals surface area contributed by atoms with Crippen LogP contribution in [0.2, 0.25) is 0 Å². The van der Waals surface area contributed by atoms with Gasteiger partial charge in [-0.05, 0) is 37.7 Å². The molecule has 2 N–H and O–H groups in total. The van der Waals surface area contributed by atoms with E-state index in [0.29, 0.717) is 6.54 Å². The van der Waals surface area contributed by atoms with Gasteiger partial charge < -0.3 is 10.6 Å². The molecule has 1 aromatic carbocycles. The lowest BCUT2D eigenvalue weighted by molar-refractivity contribution is -0.142. The lowest BCUT2D eigenvalue weighted by Gasteiger charge is -2.14. The fourth-order valence-corrected chi connectivity index (χ4v) is 2.27. The first-order chi connectivity index (χ1) is 11.3. The van der Waals surface area contributed by atoms with E-state index >= 15 is 0 Å². The van der Waals surface area contributed by atoms with Crippen LogP contribution in [-0.4, -0.2) is 34.8 Å². The van der Waals surface area contributed by atoms with E-state index < -0.39 is 11.9 Å². The number of halogens is 3. The summed E-state index contributed by atoms with van der Waals surface area (Å²) in [5, 5.41) is 9.61. The van der Waals surface area contributed by atoms with Crippen LogP contribution in [0.25, 0.3) is 5.69 Å². The zero-order chi connectivity index (χ0) is 17.7. The lowest BCUT2D eigenvalue weighted by atomic mass is 10.2. The molecule has 24 heavy (non-hydrogen) atoms. The summed E-state index contributed by atoms with van der Waals surface area (Å²) < 4.78 is 39.7. The van der Waals surface area contributed by atoms with Gasteiger partial charge in [-0.1, -0.05) is 13.0 Å². The minimum Gasteiger partial charge on any atom is -0.350 e. The quantitative estimate of drug-likeness (QED) is 0.850. The van der Waals surface area contributed by atoms with Gasteiger partial charge in [-0.2, -0.15) is 18.3 Å². The Morgan fingerprint density at radius 2 is 2.08 bits per heavy atom. The molecule has 0 saturated carbocycles. The number of alkyl halides is 3. The summed E-state index contributed by atoms with van der Waals surface area (Å²) >= 11 is 0. The van der Waals surface area contributed by atoms with Crippen molar-refractivity contribution in [3.05, 3.63) is 47.8 Å². The molecule has 0 aliphatic carbocycles. The van der Waals surface area contributed by atoms with Crippen LogP contribution in [-0.2, 0) is 6.18 Å². The van der Waals surface area contributed by atoms with Crippen LogP contribution >= 0.6 is 0 Å². The zero-order valence-corrected chi connectivity index (χ0v) is 13.4. The third-order valence-corrected chi connectivity index (χ3v) is 3.41. The highest BCUT2D eigenvalue weighted by molar-refractivity contribution is 5.94. The summed E-state index contributed by atoms with van der Waals surface area (Å²) in [5.41, 5.74) is -0.430. The number of rotatable bonds is 6. The number of nitrogens with one attached hydrogen (secondary N) is 2. The first kappa shape index (κ1) is 18.0. The van der Waals surface area contributed by atoms with Gasteiger partial charge in [0.2, 0.25) is 0 Å². The molecule has 2 aromatic rings. The molecule has 0 spiro atoms. The fourth-order valence-electron chi connectivity index (χ4n) is 2.27. The van der Waals surface area contributed by atoms with Gasteiger partial charge in [0.05, 0.1) is 11.9 Å². The molecule has 0 bridgehead atoms. The van der Waals surface area contributed by atoms with Crippen LogP contribution in [0.15, 0.2) is 36.5 Å². The maximum absolute atomic E-state index is 13.0. The minimum absolute atomic E-state index is 0.102. The number of carbonyl (C=O) groups is 1. The van der Waals surface area contributed by atoms with E-state index in [0.717, 1.165) is 23.5 Å². The Balaban J connectivity index is 2.18. The summed E-state index contributed by atoms with van der Waals surface area (Å²) in [5.74, 6) is -0.345. The number of aromatic nitrogens is 2. The molecule has 0 saturated heterocycles. The molecule has 1 heterocycles. The second kappa shape index (κ2) is 7.48. The second-order valence-electron chi connectivity index (χ2n) is 5.35. The molecule has 1 atom stereocenters. The molecule has 1 amide bonds. The van der Waals surface area contributed by atoms with Gasteiger partial charge in [-0.3, -0.25) is 4.79 Å². The highest BCUT2D eigenvalue weighted by Crippen LogP contribution is 2.30. The minimum atomic E-state index is -4.52. The Bertz CT molecular complexity index is 697. The van der Waals surface area contributed by atoms with Crippen LogP contribution < -0.4 is 10.6 Å². The van der Waals surface area contributed by atoms with Gasteiger partial charge in [-0.15, -0.1) is 0 Å². The summed E-state index contributed by atoms with van der Waals surface area (Å²) in [7, 11) is 0. The molecular formula is C16H19F3N4O. The smallest absolute Gasteiger partial charge is 0.350 e. The monoisotopic (exact) mass is 340 g/mol. The van der Waals surface area contributed by atoms with Gasteiger partial charge in [0.1, 0.15) is 5.69 Å². The maximum atomic E-state index is 13.0. The highest BCUT2D eigenvalue weighted by atomic mass is 19.4. The van der Waals surface area contributed by atoms with Gasteiger partial charge in [0.25, 0.3) is 5.91 Å². The number of likely N-dealkylation sites (N-methyl/N-ethyl adjacent to an activating group) is 1. The first-order valence-corrected chi connectivity index (χ1v) is 7.56. The number of carbonyl (C=O) groups excluding carboxylic acids is 1. The molecule has 2 rings (SSSR count). The Labute approximate surface area is 137 Å². The molecule has 0 aliphatic heterocycles. The van der Waals surface area contributed by atoms with Crippen molar-refractivity contribution in [3.8, 4) is 5.69 Å². The average Bonchev–Trinajstić information content (AvgIpc) is 3.03. The summed E-state index contributed by atoms with van der Waals surface area (Å²) in [6.45, 7) is 5.10. The molecule has 130 valence electrons. The lowest BCUT2D eigenvalue weighted by Crippen LogP contribution is -2.38. The summed E-state index contributed by atoms with van der Waals surface area (Å²) in [6, 6.07) is 6.93. The van der Waals surface area contributed by atoms with E-state index in [1.807, 2.05) is 13.8 Å². The van der Waals surface area contributed by atoms with Crippen molar-refractivity contribution in [1.82, 2.24) is 20.4 Å². The van der Waals surface area contributed by atoms with E-state index in [1.54, 1.807) is 6.07 Å². The molecule has 0 radical (unpaired) electrons. The Hall–Kier alpha value is -2.35. The predicted octanol–water partition coefficient (Wildman–Crippen LogP) is 2.62. The number of amides is 1. The number of hydrogen-bond donors (Lipinski definition) is 2. The third-order valence-electron chi connectivity index (χ3n) is 3.41.